The quantitative estimate of drug-likeness (QED) is 0.838. The van der Waals surface area contributed by atoms with E-state index in [1.165, 1.54) is 4.88 Å². The molecule has 0 saturated carbocycles. The normalized spacial score (nSPS) is 23.4. The van der Waals surface area contributed by atoms with Crippen molar-refractivity contribution >= 4 is 22.9 Å². The third-order valence-electron chi connectivity index (χ3n) is 3.59. The summed E-state index contributed by atoms with van der Waals surface area (Å²) in [6.45, 7) is 8.01. The van der Waals surface area contributed by atoms with Crippen LogP contribution in [0.2, 0.25) is 4.34 Å². The van der Waals surface area contributed by atoms with E-state index >= 15 is 0 Å². The molecule has 1 aromatic rings. The van der Waals surface area contributed by atoms with Crippen LogP contribution in [0.3, 0.4) is 0 Å². The predicted octanol–water partition coefficient (Wildman–Crippen LogP) is 2.85. The zero-order valence-electron chi connectivity index (χ0n) is 11.7. The molecule has 1 aliphatic rings. The summed E-state index contributed by atoms with van der Waals surface area (Å²) in [7, 11) is 2.18. The van der Waals surface area contributed by atoms with Crippen LogP contribution in [0.5, 0.6) is 0 Å². The van der Waals surface area contributed by atoms with E-state index in [1.54, 1.807) is 11.3 Å². The van der Waals surface area contributed by atoms with Crippen LogP contribution < -0.4 is 5.32 Å². The molecule has 1 unspecified atom stereocenters. The molecule has 2 heterocycles. The molecular weight excluding hydrogens is 280 g/mol. The number of halogens is 1. The molecule has 5 heteroatoms. The fourth-order valence-electron chi connectivity index (χ4n) is 2.69. The number of hydrogen-bond acceptors (Lipinski definition) is 4. The highest BCUT2D eigenvalue weighted by Crippen LogP contribution is 2.30. The highest BCUT2D eigenvalue weighted by molar-refractivity contribution is 7.16. The van der Waals surface area contributed by atoms with Gasteiger partial charge in [0.15, 0.2) is 0 Å². The van der Waals surface area contributed by atoms with Crippen LogP contribution in [0, 0.1) is 5.41 Å². The second-order valence-corrected chi connectivity index (χ2v) is 7.26. The lowest BCUT2D eigenvalue weighted by molar-refractivity contribution is 0.117. The van der Waals surface area contributed by atoms with Gasteiger partial charge in [-0.25, -0.2) is 0 Å². The van der Waals surface area contributed by atoms with E-state index in [-0.39, 0.29) is 5.41 Å². The number of nitrogens with one attached hydrogen (secondary N) is 1. The van der Waals surface area contributed by atoms with Crippen LogP contribution in [-0.4, -0.2) is 44.8 Å². The third-order valence-corrected chi connectivity index (χ3v) is 4.81. The summed E-state index contributed by atoms with van der Waals surface area (Å²) >= 11 is 7.65. The number of rotatable bonds is 7. The van der Waals surface area contributed by atoms with Crippen LogP contribution >= 0.6 is 22.9 Å². The van der Waals surface area contributed by atoms with Crippen molar-refractivity contribution in [3.05, 3.63) is 21.3 Å². The van der Waals surface area contributed by atoms with Crippen molar-refractivity contribution in [1.82, 2.24) is 10.2 Å². The summed E-state index contributed by atoms with van der Waals surface area (Å²) in [6, 6.07) is 4.09. The van der Waals surface area contributed by atoms with Crippen molar-refractivity contribution in [1.29, 1.82) is 0 Å². The van der Waals surface area contributed by atoms with Crippen molar-refractivity contribution < 1.29 is 4.74 Å². The largest absolute Gasteiger partial charge is 0.381 e. The highest BCUT2D eigenvalue weighted by Gasteiger charge is 2.35. The average molecular weight is 303 g/mol. The van der Waals surface area contributed by atoms with E-state index in [9.17, 15) is 0 Å². The van der Waals surface area contributed by atoms with Crippen LogP contribution in [0.4, 0.5) is 0 Å². The lowest BCUT2D eigenvalue weighted by Crippen LogP contribution is -2.43. The maximum atomic E-state index is 5.98. The Balaban J connectivity index is 1.89. The standard InChI is InChI=1S/C14H23ClN2OS/c1-3-16-9-14(6-7-18-11-14)10-17(2)8-12-4-5-13(15)19-12/h4-5,16H,3,6-11H2,1-2H3. The van der Waals surface area contributed by atoms with E-state index in [4.69, 9.17) is 16.3 Å². The summed E-state index contributed by atoms with van der Waals surface area (Å²) in [5.41, 5.74) is 0.270. The lowest BCUT2D eigenvalue weighted by Gasteiger charge is -2.32. The average Bonchev–Trinajstić information content (AvgIpc) is 2.97. The van der Waals surface area contributed by atoms with Crippen molar-refractivity contribution in [3.63, 3.8) is 0 Å². The van der Waals surface area contributed by atoms with Gasteiger partial charge in [-0.3, -0.25) is 0 Å². The van der Waals surface area contributed by atoms with E-state index in [1.807, 2.05) is 6.07 Å². The molecule has 0 amide bonds. The van der Waals surface area contributed by atoms with Gasteiger partial charge in [0.25, 0.3) is 0 Å². The van der Waals surface area contributed by atoms with Gasteiger partial charge in [-0.2, -0.15) is 0 Å². The molecule has 1 aromatic heterocycles. The van der Waals surface area contributed by atoms with E-state index < -0.39 is 0 Å². The number of hydrogen-bond donors (Lipinski definition) is 1. The molecule has 0 radical (unpaired) electrons. The Morgan fingerprint density at radius 2 is 2.37 bits per heavy atom. The minimum atomic E-state index is 0.270. The van der Waals surface area contributed by atoms with E-state index in [2.05, 4.69) is 30.3 Å². The molecule has 1 atom stereocenters. The maximum absolute atomic E-state index is 5.98. The van der Waals surface area contributed by atoms with Gasteiger partial charge in [0.2, 0.25) is 0 Å². The fraction of sp³-hybridized carbons (Fsp3) is 0.714. The van der Waals surface area contributed by atoms with Crippen LogP contribution in [-0.2, 0) is 11.3 Å². The van der Waals surface area contributed by atoms with Crippen LogP contribution in [0.25, 0.3) is 0 Å². The fourth-order valence-corrected chi connectivity index (χ4v) is 3.86. The summed E-state index contributed by atoms with van der Waals surface area (Å²) in [4.78, 5) is 3.71. The minimum Gasteiger partial charge on any atom is -0.381 e. The Labute approximate surface area is 124 Å². The summed E-state index contributed by atoms with van der Waals surface area (Å²) < 4.78 is 6.50. The van der Waals surface area contributed by atoms with Gasteiger partial charge in [0, 0.05) is 36.5 Å². The monoisotopic (exact) mass is 302 g/mol. The molecular formula is C14H23ClN2OS. The number of ether oxygens (including phenoxy) is 1. The molecule has 0 bridgehead atoms. The molecule has 108 valence electrons. The number of thiophene rings is 1. The highest BCUT2D eigenvalue weighted by atomic mass is 35.5. The second-order valence-electron chi connectivity index (χ2n) is 5.46. The Morgan fingerprint density at radius 3 is 2.95 bits per heavy atom. The topological polar surface area (TPSA) is 24.5 Å². The first-order valence-electron chi connectivity index (χ1n) is 6.85. The van der Waals surface area contributed by atoms with Crippen molar-refractivity contribution in [2.24, 2.45) is 5.41 Å². The molecule has 19 heavy (non-hydrogen) atoms. The van der Waals surface area contributed by atoms with Crippen LogP contribution in [0.15, 0.2) is 12.1 Å². The second kappa shape index (κ2) is 7.04. The van der Waals surface area contributed by atoms with Crippen molar-refractivity contribution in [3.8, 4) is 0 Å². The van der Waals surface area contributed by atoms with Gasteiger partial charge < -0.3 is 15.0 Å². The van der Waals surface area contributed by atoms with Gasteiger partial charge in [0.05, 0.1) is 10.9 Å². The Morgan fingerprint density at radius 1 is 1.53 bits per heavy atom. The van der Waals surface area contributed by atoms with Gasteiger partial charge in [-0.1, -0.05) is 18.5 Å². The first-order valence-corrected chi connectivity index (χ1v) is 8.04. The van der Waals surface area contributed by atoms with Crippen molar-refractivity contribution in [2.75, 3.05) is 39.9 Å². The smallest absolute Gasteiger partial charge is 0.0931 e. The summed E-state index contributed by atoms with van der Waals surface area (Å²) in [6.07, 6.45) is 1.15. The SMILES string of the molecule is CCNCC1(CN(C)Cc2ccc(Cl)s2)CCOC1. The molecule has 0 aromatic carbocycles. The van der Waals surface area contributed by atoms with E-state index in [0.717, 1.165) is 50.1 Å². The third kappa shape index (κ3) is 4.43. The zero-order chi connectivity index (χ0) is 13.7. The van der Waals surface area contributed by atoms with Gasteiger partial charge in [-0.15, -0.1) is 11.3 Å². The van der Waals surface area contributed by atoms with Crippen LogP contribution in [0.1, 0.15) is 18.2 Å². The summed E-state index contributed by atoms with van der Waals surface area (Å²) in [5, 5.41) is 3.48. The number of nitrogens with zero attached hydrogens (tertiary/aromatic N) is 1. The van der Waals surface area contributed by atoms with Gasteiger partial charge >= 0.3 is 0 Å². The molecule has 1 aliphatic heterocycles. The molecule has 1 N–H and O–H groups in total. The molecule has 3 nitrogen and oxygen atoms in total. The summed E-state index contributed by atoms with van der Waals surface area (Å²) in [5.74, 6) is 0. The Bertz CT molecular complexity index is 391. The molecule has 1 saturated heterocycles. The van der Waals surface area contributed by atoms with E-state index in [0.29, 0.717) is 0 Å². The first-order chi connectivity index (χ1) is 9.13. The Kier molecular flexibility index (Phi) is 5.66. The molecule has 2 rings (SSSR count). The zero-order valence-corrected chi connectivity index (χ0v) is 13.3. The molecule has 0 aliphatic carbocycles. The van der Waals surface area contributed by atoms with Crippen molar-refractivity contribution in [2.45, 2.75) is 19.9 Å². The maximum Gasteiger partial charge on any atom is 0.0931 e. The molecule has 0 spiro atoms. The molecule has 1 fully saturated rings. The predicted molar refractivity (Wildman–Crippen MR) is 82.1 cm³/mol. The Hall–Kier alpha value is -0.130. The van der Waals surface area contributed by atoms with Gasteiger partial charge in [0.1, 0.15) is 0 Å². The first kappa shape index (κ1) is 15.3. The minimum absolute atomic E-state index is 0.270. The van der Waals surface area contributed by atoms with Gasteiger partial charge in [-0.05, 0) is 32.1 Å². The lowest BCUT2D eigenvalue weighted by atomic mass is 9.86.